The second kappa shape index (κ2) is 4.04. The molecule has 0 saturated carbocycles. The normalized spacial score (nSPS) is 10.2. The van der Waals surface area contributed by atoms with Gasteiger partial charge in [-0.05, 0) is 17.7 Å². The SMILES string of the molecule is O=Cc1cn(Cc2cccc(F)c2)cn1. The Kier molecular flexibility index (Phi) is 2.58. The quantitative estimate of drug-likeness (QED) is 0.715. The van der Waals surface area contributed by atoms with E-state index in [0.717, 1.165) is 5.56 Å². The summed E-state index contributed by atoms with van der Waals surface area (Å²) in [7, 11) is 0. The van der Waals surface area contributed by atoms with Crippen LogP contribution in [0.1, 0.15) is 16.1 Å². The maximum Gasteiger partial charge on any atom is 0.169 e. The number of benzene rings is 1. The Balaban J connectivity index is 2.18. The molecule has 0 spiro atoms. The molecular formula is C11H9FN2O. The fourth-order valence-electron chi connectivity index (χ4n) is 1.37. The van der Waals surface area contributed by atoms with Crippen LogP contribution in [0.3, 0.4) is 0 Å². The van der Waals surface area contributed by atoms with Crippen molar-refractivity contribution in [1.82, 2.24) is 9.55 Å². The van der Waals surface area contributed by atoms with Crippen molar-refractivity contribution in [2.24, 2.45) is 0 Å². The minimum absolute atomic E-state index is 0.261. The highest BCUT2D eigenvalue weighted by Gasteiger charge is 1.99. The predicted molar refractivity (Wildman–Crippen MR) is 53.1 cm³/mol. The van der Waals surface area contributed by atoms with Gasteiger partial charge in [-0.2, -0.15) is 0 Å². The lowest BCUT2D eigenvalue weighted by Crippen LogP contribution is -1.96. The number of halogens is 1. The summed E-state index contributed by atoms with van der Waals surface area (Å²) in [6, 6.07) is 6.33. The molecule has 0 radical (unpaired) electrons. The third kappa shape index (κ3) is 2.28. The molecule has 0 atom stereocenters. The Labute approximate surface area is 86.2 Å². The van der Waals surface area contributed by atoms with Crippen LogP contribution in [0, 0.1) is 5.82 Å². The van der Waals surface area contributed by atoms with Crippen molar-refractivity contribution >= 4 is 6.29 Å². The van der Waals surface area contributed by atoms with Gasteiger partial charge in [-0.1, -0.05) is 12.1 Å². The zero-order chi connectivity index (χ0) is 10.7. The molecule has 2 rings (SSSR count). The highest BCUT2D eigenvalue weighted by atomic mass is 19.1. The summed E-state index contributed by atoms with van der Waals surface area (Å²) in [6.07, 6.45) is 3.86. The van der Waals surface area contributed by atoms with Gasteiger partial charge < -0.3 is 4.57 Å². The van der Waals surface area contributed by atoms with Crippen LogP contribution in [0.4, 0.5) is 4.39 Å². The Morgan fingerprint density at radius 1 is 1.47 bits per heavy atom. The van der Waals surface area contributed by atoms with Crippen LogP contribution >= 0.6 is 0 Å². The summed E-state index contributed by atoms with van der Waals surface area (Å²) in [5.74, 6) is -0.261. The van der Waals surface area contributed by atoms with E-state index in [9.17, 15) is 9.18 Å². The molecule has 76 valence electrons. The first-order valence-electron chi connectivity index (χ1n) is 4.49. The van der Waals surface area contributed by atoms with Crippen LogP contribution in [0.25, 0.3) is 0 Å². The lowest BCUT2D eigenvalue weighted by atomic mass is 10.2. The number of hydrogen-bond donors (Lipinski definition) is 0. The first-order chi connectivity index (χ1) is 7.28. The van der Waals surface area contributed by atoms with E-state index in [1.165, 1.54) is 12.1 Å². The summed E-state index contributed by atoms with van der Waals surface area (Å²) in [5, 5.41) is 0. The van der Waals surface area contributed by atoms with Crippen LogP contribution in [-0.4, -0.2) is 15.8 Å². The van der Waals surface area contributed by atoms with Crippen LogP contribution in [0.15, 0.2) is 36.8 Å². The molecule has 15 heavy (non-hydrogen) atoms. The molecule has 3 nitrogen and oxygen atoms in total. The smallest absolute Gasteiger partial charge is 0.169 e. The largest absolute Gasteiger partial charge is 0.332 e. The number of aromatic nitrogens is 2. The van der Waals surface area contributed by atoms with Crippen molar-refractivity contribution in [2.45, 2.75) is 6.54 Å². The molecule has 0 aliphatic carbocycles. The predicted octanol–water partition coefficient (Wildman–Crippen LogP) is 1.88. The summed E-state index contributed by atoms with van der Waals surface area (Å²) in [5.41, 5.74) is 1.22. The Hall–Kier alpha value is -1.97. The zero-order valence-electron chi connectivity index (χ0n) is 7.93. The van der Waals surface area contributed by atoms with Crippen molar-refractivity contribution in [1.29, 1.82) is 0 Å². The minimum atomic E-state index is -0.261. The fourth-order valence-corrected chi connectivity index (χ4v) is 1.37. The average molecular weight is 204 g/mol. The maximum atomic E-state index is 12.9. The van der Waals surface area contributed by atoms with Gasteiger partial charge in [-0.15, -0.1) is 0 Å². The number of carbonyl (C=O) groups is 1. The average Bonchev–Trinajstić information content (AvgIpc) is 2.65. The molecule has 0 unspecified atom stereocenters. The van der Waals surface area contributed by atoms with Gasteiger partial charge in [0.05, 0.1) is 6.33 Å². The molecule has 0 aliphatic heterocycles. The molecule has 1 aromatic carbocycles. The Morgan fingerprint density at radius 2 is 2.33 bits per heavy atom. The number of rotatable bonds is 3. The van der Waals surface area contributed by atoms with Crippen molar-refractivity contribution in [3.05, 3.63) is 53.9 Å². The molecule has 0 aliphatic rings. The monoisotopic (exact) mass is 204 g/mol. The van der Waals surface area contributed by atoms with Gasteiger partial charge in [0.1, 0.15) is 11.5 Å². The number of hydrogen-bond acceptors (Lipinski definition) is 2. The topological polar surface area (TPSA) is 34.9 Å². The van der Waals surface area contributed by atoms with E-state index in [0.29, 0.717) is 18.5 Å². The molecule has 2 aromatic rings. The molecule has 4 heteroatoms. The van der Waals surface area contributed by atoms with Crippen LogP contribution < -0.4 is 0 Å². The standard InChI is InChI=1S/C11H9FN2O/c12-10-3-1-2-9(4-10)5-14-6-11(7-15)13-8-14/h1-4,6-8H,5H2. The highest BCUT2D eigenvalue weighted by Crippen LogP contribution is 2.06. The molecule has 0 fully saturated rings. The lowest BCUT2D eigenvalue weighted by molar-refractivity contribution is 0.111. The van der Waals surface area contributed by atoms with Gasteiger partial charge in [0, 0.05) is 12.7 Å². The van der Waals surface area contributed by atoms with Gasteiger partial charge >= 0.3 is 0 Å². The molecule has 1 aromatic heterocycles. The zero-order valence-corrected chi connectivity index (χ0v) is 7.93. The number of imidazole rings is 1. The first-order valence-corrected chi connectivity index (χ1v) is 4.49. The molecular weight excluding hydrogens is 195 g/mol. The lowest BCUT2D eigenvalue weighted by Gasteiger charge is -2.01. The second-order valence-electron chi connectivity index (χ2n) is 3.22. The molecule has 0 bridgehead atoms. The van der Waals surface area contributed by atoms with Crippen LogP contribution in [0.2, 0.25) is 0 Å². The van der Waals surface area contributed by atoms with Gasteiger partial charge in [0.2, 0.25) is 0 Å². The van der Waals surface area contributed by atoms with Crippen molar-refractivity contribution < 1.29 is 9.18 Å². The molecule has 0 N–H and O–H groups in total. The van der Waals surface area contributed by atoms with E-state index in [4.69, 9.17) is 0 Å². The van der Waals surface area contributed by atoms with E-state index in [1.807, 2.05) is 6.07 Å². The van der Waals surface area contributed by atoms with E-state index in [-0.39, 0.29) is 5.82 Å². The van der Waals surface area contributed by atoms with Crippen LogP contribution in [0.5, 0.6) is 0 Å². The van der Waals surface area contributed by atoms with Gasteiger partial charge in [-0.3, -0.25) is 4.79 Å². The van der Waals surface area contributed by atoms with E-state index in [1.54, 1.807) is 23.2 Å². The van der Waals surface area contributed by atoms with E-state index < -0.39 is 0 Å². The van der Waals surface area contributed by atoms with Gasteiger partial charge in [-0.25, -0.2) is 9.37 Å². The van der Waals surface area contributed by atoms with Gasteiger partial charge in [0.15, 0.2) is 6.29 Å². The maximum absolute atomic E-state index is 12.9. The number of aldehydes is 1. The Bertz CT molecular complexity index is 479. The number of nitrogens with zero attached hydrogens (tertiary/aromatic N) is 2. The van der Waals surface area contributed by atoms with Crippen molar-refractivity contribution in [2.75, 3.05) is 0 Å². The molecule has 0 amide bonds. The summed E-state index contributed by atoms with van der Waals surface area (Å²) in [4.78, 5) is 14.2. The fraction of sp³-hybridized carbons (Fsp3) is 0.0909. The minimum Gasteiger partial charge on any atom is -0.332 e. The van der Waals surface area contributed by atoms with Gasteiger partial charge in [0.25, 0.3) is 0 Å². The summed E-state index contributed by atoms with van der Waals surface area (Å²) >= 11 is 0. The Morgan fingerprint density at radius 3 is 3.00 bits per heavy atom. The van der Waals surface area contributed by atoms with Crippen molar-refractivity contribution in [3.8, 4) is 0 Å². The number of carbonyl (C=O) groups excluding carboxylic acids is 1. The third-order valence-corrected chi connectivity index (χ3v) is 2.03. The van der Waals surface area contributed by atoms with E-state index in [2.05, 4.69) is 4.98 Å². The second-order valence-corrected chi connectivity index (χ2v) is 3.22. The van der Waals surface area contributed by atoms with Crippen molar-refractivity contribution in [3.63, 3.8) is 0 Å². The first kappa shape index (κ1) is 9.58. The highest BCUT2D eigenvalue weighted by molar-refractivity contribution is 5.70. The molecule has 1 heterocycles. The third-order valence-electron chi connectivity index (χ3n) is 2.03. The summed E-state index contributed by atoms with van der Waals surface area (Å²) in [6.45, 7) is 0.512. The molecule has 0 saturated heterocycles. The van der Waals surface area contributed by atoms with Crippen LogP contribution in [-0.2, 0) is 6.54 Å². The summed E-state index contributed by atoms with van der Waals surface area (Å²) < 4.78 is 14.6. The van der Waals surface area contributed by atoms with E-state index >= 15 is 0 Å².